The van der Waals surface area contributed by atoms with Gasteiger partial charge in [-0.05, 0) is 47.1 Å². The summed E-state index contributed by atoms with van der Waals surface area (Å²) in [7, 11) is 0. The predicted octanol–water partition coefficient (Wildman–Crippen LogP) is 4.02. The van der Waals surface area contributed by atoms with Crippen molar-refractivity contribution in [3.8, 4) is 11.5 Å². The van der Waals surface area contributed by atoms with Crippen molar-refractivity contribution in [3.05, 3.63) is 46.2 Å². The van der Waals surface area contributed by atoms with E-state index < -0.39 is 12.0 Å². The van der Waals surface area contributed by atoms with Crippen LogP contribution in [-0.2, 0) is 13.6 Å². The van der Waals surface area contributed by atoms with Crippen LogP contribution in [0.15, 0.2) is 35.7 Å². The van der Waals surface area contributed by atoms with Gasteiger partial charge in [0.2, 0.25) is 6.79 Å². The van der Waals surface area contributed by atoms with Gasteiger partial charge in [-0.1, -0.05) is 12.1 Å². The monoisotopic (exact) mass is 436 g/mol. The van der Waals surface area contributed by atoms with Crippen LogP contribution in [0.3, 0.4) is 0 Å². The van der Waals surface area contributed by atoms with Crippen LogP contribution in [0.1, 0.15) is 23.0 Å². The molecule has 5 nitrogen and oxygen atoms in total. The van der Waals surface area contributed by atoms with Crippen LogP contribution in [0, 0.1) is 11.8 Å². The number of benzene rings is 1. The molecule has 28 heavy (non-hydrogen) atoms. The number of fused-ring (bicyclic) bond motifs is 1. The number of thiophene rings is 1. The normalized spacial score (nSPS) is 26.8. The summed E-state index contributed by atoms with van der Waals surface area (Å²) in [5.74, 6) is 2.48. The topological polar surface area (TPSA) is 65.0 Å². The van der Waals surface area contributed by atoms with Crippen molar-refractivity contribution in [2.45, 2.75) is 16.6 Å². The highest BCUT2D eigenvalue weighted by Crippen LogP contribution is 2.60. The second-order valence-corrected chi connectivity index (χ2v) is 10.9. The maximum atomic E-state index is 12.7. The number of rotatable bonds is 4. The number of aliphatic hydroxyl groups excluding tert-OH is 1. The molecule has 148 valence electrons. The van der Waals surface area contributed by atoms with Crippen LogP contribution < -0.4 is 9.47 Å². The third-order valence-corrected chi connectivity index (χ3v) is 10.0. The fraction of sp³-hybridized carbons (Fsp3) is 0.450. The van der Waals surface area contributed by atoms with E-state index in [-0.39, 0.29) is 22.8 Å². The fourth-order valence-corrected chi connectivity index (χ4v) is 8.53. The molecule has 0 bridgehead atoms. The summed E-state index contributed by atoms with van der Waals surface area (Å²) in [6, 6.07) is 9.82. The van der Waals surface area contributed by atoms with Gasteiger partial charge in [0.25, 0.3) is 0 Å². The average molecular weight is 437 g/mol. The van der Waals surface area contributed by atoms with Gasteiger partial charge >= 0.3 is 5.97 Å². The first-order chi connectivity index (χ1) is 13.7. The molecular weight excluding hydrogens is 416 g/mol. The van der Waals surface area contributed by atoms with Crippen molar-refractivity contribution in [2.24, 2.45) is 11.8 Å². The summed E-state index contributed by atoms with van der Waals surface area (Å²) in [4.78, 5) is 13.5. The van der Waals surface area contributed by atoms with Crippen LogP contribution in [0.25, 0.3) is 0 Å². The summed E-state index contributed by atoms with van der Waals surface area (Å²) >= 11 is 5.18. The van der Waals surface area contributed by atoms with Crippen LogP contribution in [0.4, 0.5) is 0 Å². The van der Waals surface area contributed by atoms with Crippen LogP contribution in [0.5, 0.6) is 11.5 Å². The number of thioether (sulfide) groups is 2. The largest absolute Gasteiger partial charge is 0.465 e. The van der Waals surface area contributed by atoms with Crippen molar-refractivity contribution >= 4 is 40.8 Å². The second kappa shape index (κ2) is 7.48. The minimum absolute atomic E-state index is 0.132. The Kier molecular flexibility index (Phi) is 4.99. The molecule has 0 aliphatic carbocycles. The standard InChI is InChI=1S/C20H20O5S3/c21-18(16-3-1-6-26-16)17-13(10-23-19(17)22)20(27-7-2-8-28-20)12-4-5-14-15(9-12)25-11-24-14/h1,3-6,9,13,17-18,21H,2,7-8,10-11H2/t13-,17-,18+/m0/s1. The lowest BCUT2D eigenvalue weighted by atomic mass is 9.83. The van der Waals surface area contributed by atoms with Crippen LogP contribution in [0.2, 0.25) is 0 Å². The van der Waals surface area contributed by atoms with Crippen molar-refractivity contribution < 1.29 is 24.1 Å². The highest BCUT2D eigenvalue weighted by Gasteiger charge is 2.55. The van der Waals surface area contributed by atoms with Gasteiger partial charge in [-0.2, -0.15) is 0 Å². The molecule has 0 amide bonds. The first-order valence-electron chi connectivity index (χ1n) is 9.25. The molecule has 2 fully saturated rings. The Morgan fingerprint density at radius 1 is 1.11 bits per heavy atom. The highest BCUT2D eigenvalue weighted by molar-refractivity contribution is 8.18. The number of hydrogen-bond acceptors (Lipinski definition) is 8. The molecule has 8 heteroatoms. The zero-order valence-corrected chi connectivity index (χ0v) is 17.5. The molecule has 2 aromatic rings. The van der Waals surface area contributed by atoms with Crippen LogP contribution in [-0.4, -0.2) is 36.0 Å². The number of hydrogen-bond donors (Lipinski definition) is 1. The third kappa shape index (κ3) is 3.01. The van der Waals surface area contributed by atoms with Gasteiger partial charge in [-0.25, -0.2) is 0 Å². The number of cyclic esters (lactones) is 1. The minimum atomic E-state index is -0.853. The molecule has 0 radical (unpaired) electrons. The highest BCUT2D eigenvalue weighted by atomic mass is 32.2. The summed E-state index contributed by atoms with van der Waals surface area (Å²) in [6.07, 6.45) is 0.274. The van der Waals surface area contributed by atoms with Crippen molar-refractivity contribution in [2.75, 3.05) is 24.9 Å². The molecule has 0 unspecified atom stereocenters. The lowest BCUT2D eigenvalue weighted by molar-refractivity contribution is -0.144. The number of carbonyl (C=O) groups is 1. The Bertz CT molecular complexity index is 863. The van der Waals surface area contributed by atoms with Crippen molar-refractivity contribution in [1.82, 2.24) is 0 Å². The van der Waals surface area contributed by atoms with Gasteiger partial charge < -0.3 is 19.3 Å². The zero-order chi connectivity index (χ0) is 19.1. The Labute approximate surface area is 175 Å². The minimum Gasteiger partial charge on any atom is -0.465 e. The van der Waals surface area contributed by atoms with E-state index in [2.05, 4.69) is 6.07 Å². The summed E-state index contributed by atoms with van der Waals surface area (Å²) in [5, 5.41) is 13.0. The Morgan fingerprint density at radius 2 is 1.93 bits per heavy atom. The number of carbonyl (C=O) groups excluding carboxylic acids is 1. The maximum Gasteiger partial charge on any atom is 0.312 e. The SMILES string of the molecule is O=C1OC[C@H](C2(c3ccc4c(c3)OCO4)SCCCS2)[C@H]1[C@H](O)c1cccs1. The molecule has 1 N–H and O–H groups in total. The molecule has 3 aliphatic heterocycles. The lowest BCUT2D eigenvalue weighted by Gasteiger charge is -2.42. The molecule has 0 saturated carbocycles. The first-order valence-corrected chi connectivity index (χ1v) is 12.1. The predicted molar refractivity (Wildman–Crippen MR) is 111 cm³/mol. The van der Waals surface area contributed by atoms with Crippen molar-refractivity contribution in [1.29, 1.82) is 0 Å². The molecule has 4 heterocycles. The first kappa shape index (κ1) is 18.7. The molecule has 3 atom stereocenters. The van der Waals surface area contributed by atoms with Gasteiger partial charge in [0.1, 0.15) is 6.10 Å². The van der Waals surface area contributed by atoms with Crippen molar-refractivity contribution in [3.63, 3.8) is 0 Å². The molecule has 2 saturated heterocycles. The number of esters is 1. The van der Waals surface area contributed by atoms with E-state index in [1.165, 1.54) is 11.3 Å². The maximum absolute atomic E-state index is 12.7. The van der Waals surface area contributed by atoms with E-state index in [0.29, 0.717) is 6.61 Å². The smallest absolute Gasteiger partial charge is 0.312 e. The van der Waals surface area contributed by atoms with Gasteiger partial charge in [0.15, 0.2) is 11.5 Å². The lowest BCUT2D eigenvalue weighted by Crippen LogP contribution is -2.39. The number of aliphatic hydroxyl groups is 1. The van der Waals surface area contributed by atoms with Gasteiger partial charge in [0, 0.05) is 10.8 Å². The van der Waals surface area contributed by atoms with E-state index in [4.69, 9.17) is 14.2 Å². The molecular formula is C20H20O5S3. The molecule has 1 aromatic heterocycles. The summed E-state index contributed by atoms with van der Waals surface area (Å²) < 4.78 is 16.2. The second-order valence-electron chi connectivity index (χ2n) is 7.01. The average Bonchev–Trinajstić information content (AvgIpc) is 3.48. The van der Waals surface area contributed by atoms with Crippen LogP contribution >= 0.6 is 34.9 Å². The summed E-state index contributed by atoms with van der Waals surface area (Å²) in [5.41, 5.74) is 1.10. The van der Waals surface area contributed by atoms with E-state index in [1.807, 2.05) is 53.2 Å². The zero-order valence-electron chi connectivity index (χ0n) is 15.0. The van der Waals surface area contributed by atoms with Gasteiger partial charge in [-0.3, -0.25) is 4.79 Å². The molecule has 1 aromatic carbocycles. The molecule has 0 spiro atoms. The number of ether oxygens (including phenoxy) is 3. The quantitative estimate of drug-likeness (QED) is 0.726. The summed E-state index contributed by atoms with van der Waals surface area (Å²) in [6.45, 7) is 0.553. The molecule has 3 aliphatic rings. The Balaban J connectivity index is 1.56. The van der Waals surface area contributed by atoms with Gasteiger partial charge in [0.05, 0.1) is 16.6 Å². The van der Waals surface area contributed by atoms with E-state index >= 15 is 0 Å². The Hall–Kier alpha value is -1.35. The van der Waals surface area contributed by atoms with E-state index in [9.17, 15) is 9.90 Å². The third-order valence-electron chi connectivity index (χ3n) is 5.47. The van der Waals surface area contributed by atoms with E-state index in [1.54, 1.807) is 0 Å². The van der Waals surface area contributed by atoms with E-state index in [0.717, 1.165) is 39.9 Å². The van der Waals surface area contributed by atoms with Gasteiger partial charge in [-0.15, -0.1) is 34.9 Å². The fourth-order valence-electron chi connectivity index (χ4n) is 4.12. The Morgan fingerprint density at radius 3 is 2.71 bits per heavy atom. The molecule has 5 rings (SSSR count).